The van der Waals surface area contributed by atoms with Crippen LogP contribution in [-0.2, 0) is 9.09 Å². The van der Waals surface area contributed by atoms with Gasteiger partial charge >= 0.3 is 7.37 Å². The Kier molecular flexibility index (Phi) is 7.56. The van der Waals surface area contributed by atoms with Gasteiger partial charge in [0.05, 0.1) is 6.61 Å². The molecule has 2 aromatic carbocycles. The Bertz CT molecular complexity index is 788. The molecule has 5 nitrogen and oxygen atoms in total. The van der Waals surface area contributed by atoms with Crippen molar-refractivity contribution in [3.05, 3.63) is 58.7 Å². The minimum atomic E-state index is -3.67. The highest BCUT2D eigenvalue weighted by Gasteiger charge is 2.37. The number of aliphatic hydroxyl groups is 1. The summed E-state index contributed by atoms with van der Waals surface area (Å²) in [6.07, 6.45) is 0. The van der Waals surface area contributed by atoms with Crippen molar-refractivity contribution in [3.8, 4) is 0 Å². The third kappa shape index (κ3) is 4.18. The van der Waals surface area contributed by atoms with Crippen LogP contribution in [0.25, 0.3) is 0 Å². The molecule has 0 aromatic heterocycles. The summed E-state index contributed by atoms with van der Waals surface area (Å²) in [5.74, 6) is 0. The molecule has 0 saturated carbocycles. The second-order valence-electron chi connectivity index (χ2n) is 5.53. The summed E-state index contributed by atoms with van der Waals surface area (Å²) in [4.78, 5) is 13.1. The lowest BCUT2D eigenvalue weighted by atomic mass is 9.98. The normalized spacial score (nSPS) is 12.7. The van der Waals surface area contributed by atoms with E-state index in [1.54, 1.807) is 38.1 Å². The third-order valence-corrected chi connectivity index (χ3v) is 6.28. The first-order chi connectivity index (χ1) is 11.8. The summed E-state index contributed by atoms with van der Waals surface area (Å²) < 4.78 is 18.9. The predicted octanol–water partition coefficient (Wildman–Crippen LogP) is 3.58. The molecule has 0 heterocycles. The van der Waals surface area contributed by atoms with Crippen LogP contribution in [0.3, 0.4) is 0 Å². The molecule has 0 radical (unpaired) electrons. The number of carbonyl (C=O) groups excluding carboxylic acids is 1. The molecule has 25 heavy (non-hydrogen) atoms. The van der Waals surface area contributed by atoms with Crippen molar-refractivity contribution in [2.45, 2.75) is 27.7 Å². The molecule has 0 aliphatic rings. The monoisotopic (exact) mass is 363 g/mol. The van der Waals surface area contributed by atoms with Crippen LogP contribution in [-0.4, -0.2) is 24.3 Å². The molecule has 1 unspecified atom stereocenters. The highest BCUT2D eigenvalue weighted by atomic mass is 31.2. The SMILES string of the molecule is CCOP(=O)(C(=O)c1c(C)cc(C)c(N)c1C)c1ccccc1.CO. The fraction of sp³-hybridized carbons (Fsp3) is 0.316. The van der Waals surface area contributed by atoms with Crippen LogP contribution in [0.2, 0.25) is 0 Å². The molecule has 3 N–H and O–H groups in total. The van der Waals surface area contributed by atoms with Gasteiger partial charge in [-0.25, -0.2) is 0 Å². The molecule has 0 fully saturated rings. The zero-order chi connectivity index (χ0) is 19.2. The Morgan fingerprint density at radius 3 is 2.20 bits per heavy atom. The molecular weight excluding hydrogens is 337 g/mol. The minimum Gasteiger partial charge on any atom is -0.400 e. The molecule has 0 spiro atoms. The summed E-state index contributed by atoms with van der Waals surface area (Å²) in [5, 5.41) is 7.41. The summed E-state index contributed by atoms with van der Waals surface area (Å²) in [6.45, 7) is 7.42. The highest BCUT2D eigenvalue weighted by molar-refractivity contribution is 7.83. The molecule has 0 amide bonds. The fourth-order valence-electron chi connectivity index (χ4n) is 2.73. The number of carbonyl (C=O) groups is 1. The number of benzene rings is 2. The van der Waals surface area contributed by atoms with E-state index < -0.39 is 12.9 Å². The summed E-state index contributed by atoms with van der Waals surface area (Å²) >= 11 is 0. The van der Waals surface area contributed by atoms with Crippen LogP contribution >= 0.6 is 7.37 Å². The van der Waals surface area contributed by atoms with Gasteiger partial charge in [0, 0.05) is 23.7 Å². The first-order valence-electron chi connectivity index (χ1n) is 7.99. The molecule has 0 bridgehead atoms. The smallest absolute Gasteiger partial charge is 0.300 e. The van der Waals surface area contributed by atoms with E-state index in [1.165, 1.54) is 0 Å². The van der Waals surface area contributed by atoms with Crippen molar-refractivity contribution in [1.82, 2.24) is 0 Å². The molecular formula is C19H26NO4P. The molecule has 136 valence electrons. The van der Waals surface area contributed by atoms with Crippen molar-refractivity contribution in [3.63, 3.8) is 0 Å². The molecule has 0 aliphatic heterocycles. The van der Waals surface area contributed by atoms with Gasteiger partial charge in [-0.2, -0.15) is 0 Å². The lowest BCUT2D eigenvalue weighted by molar-refractivity contribution is 0.105. The van der Waals surface area contributed by atoms with Crippen molar-refractivity contribution in [1.29, 1.82) is 0 Å². The quantitative estimate of drug-likeness (QED) is 0.626. The Hall–Kier alpha value is -1.94. The molecule has 0 aliphatic carbocycles. The van der Waals surface area contributed by atoms with Crippen molar-refractivity contribution < 1.29 is 19.0 Å². The van der Waals surface area contributed by atoms with Crippen LogP contribution in [0.1, 0.15) is 34.0 Å². The van der Waals surface area contributed by atoms with Crippen LogP contribution in [0.4, 0.5) is 5.69 Å². The van der Waals surface area contributed by atoms with Crippen molar-refractivity contribution in [2.75, 3.05) is 19.5 Å². The van der Waals surface area contributed by atoms with Crippen LogP contribution in [0.15, 0.2) is 36.4 Å². The van der Waals surface area contributed by atoms with Crippen molar-refractivity contribution >= 4 is 23.9 Å². The van der Waals surface area contributed by atoms with Gasteiger partial charge in [-0.1, -0.05) is 24.3 Å². The van der Waals surface area contributed by atoms with E-state index >= 15 is 0 Å². The Balaban J connectivity index is 0.00000151. The average molecular weight is 363 g/mol. The Labute approximate surface area is 149 Å². The second-order valence-corrected chi connectivity index (χ2v) is 7.82. The Morgan fingerprint density at radius 2 is 1.68 bits per heavy atom. The fourth-order valence-corrected chi connectivity index (χ4v) is 4.80. The molecule has 1 atom stereocenters. The predicted molar refractivity (Wildman–Crippen MR) is 103 cm³/mol. The number of aliphatic hydroxyl groups excluding tert-OH is 1. The number of nitrogens with two attached hydrogens (primary N) is 1. The van der Waals surface area contributed by atoms with E-state index in [2.05, 4.69) is 0 Å². The number of aryl methyl sites for hydroxylation is 2. The van der Waals surface area contributed by atoms with Gasteiger partial charge in [0.1, 0.15) is 0 Å². The van der Waals surface area contributed by atoms with Gasteiger partial charge < -0.3 is 15.4 Å². The summed E-state index contributed by atoms with van der Waals surface area (Å²) in [5.41, 5.74) is 8.84. The zero-order valence-electron chi connectivity index (χ0n) is 15.4. The van der Waals surface area contributed by atoms with Gasteiger partial charge in [0.2, 0.25) is 0 Å². The first kappa shape index (κ1) is 21.1. The van der Waals surface area contributed by atoms with E-state index in [0.717, 1.165) is 18.2 Å². The van der Waals surface area contributed by atoms with Crippen molar-refractivity contribution in [2.24, 2.45) is 0 Å². The number of nitrogen functional groups attached to an aromatic ring is 1. The first-order valence-corrected chi connectivity index (χ1v) is 9.61. The average Bonchev–Trinajstić information content (AvgIpc) is 2.62. The summed E-state index contributed by atoms with van der Waals surface area (Å²) in [7, 11) is -2.67. The Morgan fingerprint density at radius 1 is 1.12 bits per heavy atom. The lowest BCUT2D eigenvalue weighted by Gasteiger charge is -2.20. The maximum Gasteiger partial charge on any atom is 0.300 e. The van der Waals surface area contributed by atoms with Crippen LogP contribution in [0, 0.1) is 20.8 Å². The standard InChI is InChI=1S/C18H22NO3P.CH4O/c1-5-22-23(21,15-9-7-6-8-10-15)18(20)16-12(2)11-13(3)17(19)14(16)4;1-2/h6-11H,5,19H2,1-4H3;2H,1H3. The second kappa shape index (κ2) is 8.95. The van der Waals surface area contributed by atoms with E-state index in [9.17, 15) is 9.36 Å². The van der Waals surface area contributed by atoms with E-state index in [1.807, 2.05) is 26.0 Å². The van der Waals surface area contributed by atoms with Crippen LogP contribution in [0.5, 0.6) is 0 Å². The van der Waals surface area contributed by atoms with Gasteiger partial charge in [-0.15, -0.1) is 0 Å². The lowest BCUT2D eigenvalue weighted by Crippen LogP contribution is -2.18. The van der Waals surface area contributed by atoms with Gasteiger partial charge in [-0.05, 0) is 56.5 Å². The number of rotatable bonds is 5. The molecule has 2 rings (SSSR count). The number of hydrogen-bond acceptors (Lipinski definition) is 5. The number of anilines is 1. The molecule has 6 heteroatoms. The third-order valence-electron chi connectivity index (χ3n) is 3.92. The maximum atomic E-state index is 13.4. The maximum absolute atomic E-state index is 13.4. The number of hydrogen-bond donors (Lipinski definition) is 2. The molecule has 2 aromatic rings. The highest BCUT2D eigenvalue weighted by Crippen LogP contribution is 2.50. The van der Waals surface area contributed by atoms with Gasteiger partial charge in [0.25, 0.3) is 5.52 Å². The zero-order valence-corrected chi connectivity index (χ0v) is 16.3. The van der Waals surface area contributed by atoms with Gasteiger partial charge in [-0.3, -0.25) is 9.36 Å². The van der Waals surface area contributed by atoms with E-state index in [0.29, 0.717) is 22.1 Å². The minimum absolute atomic E-state index is 0.192. The topological polar surface area (TPSA) is 89.6 Å². The molecule has 0 saturated heterocycles. The largest absolute Gasteiger partial charge is 0.400 e. The van der Waals surface area contributed by atoms with E-state index in [4.69, 9.17) is 15.4 Å². The van der Waals surface area contributed by atoms with Crippen LogP contribution < -0.4 is 11.0 Å². The van der Waals surface area contributed by atoms with E-state index in [-0.39, 0.29) is 6.61 Å². The van der Waals surface area contributed by atoms with Gasteiger partial charge in [0.15, 0.2) is 0 Å². The summed E-state index contributed by atoms with van der Waals surface area (Å²) in [6, 6.07) is 10.5.